The number of ether oxygens (including phenoxy) is 5. The molecule has 1 heterocycles. The van der Waals surface area contributed by atoms with Crippen LogP contribution in [0.25, 0.3) is 0 Å². The Hall–Kier alpha value is -3.13. The van der Waals surface area contributed by atoms with Crippen molar-refractivity contribution < 1.29 is 28.5 Å². The number of hydrogen-bond acceptors (Lipinski definition) is 7. The standard InChI is InChI=1S/C24H32N2O6/c1-28-17-8-9-18(21(12-17)30-3)19-7-6-10-26(19)15-24(27)25-14-16-11-22(31-4)23(32-5)13-20(16)29-2/h8-9,11-13,19H,6-7,10,14-15H2,1-5H3,(H,25,27). The molecular formula is C24H32N2O6. The third kappa shape index (κ3) is 5.19. The number of hydrogen-bond donors (Lipinski definition) is 1. The second kappa shape index (κ2) is 10.9. The van der Waals surface area contributed by atoms with Gasteiger partial charge >= 0.3 is 0 Å². The van der Waals surface area contributed by atoms with Gasteiger partial charge in [0.2, 0.25) is 5.91 Å². The van der Waals surface area contributed by atoms with Gasteiger partial charge in [-0.1, -0.05) is 6.07 Å². The van der Waals surface area contributed by atoms with Gasteiger partial charge in [0.25, 0.3) is 0 Å². The summed E-state index contributed by atoms with van der Waals surface area (Å²) in [4.78, 5) is 15.0. The molecule has 0 aromatic heterocycles. The summed E-state index contributed by atoms with van der Waals surface area (Å²) in [5.41, 5.74) is 1.88. The average Bonchev–Trinajstić information content (AvgIpc) is 3.29. The molecule has 0 aliphatic carbocycles. The maximum absolute atomic E-state index is 12.8. The molecule has 3 rings (SSSR count). The van der Waals surface area contributed by atoms with Crippen LogP contribution < -0.4 is 29.0 Å². The molecule has 0 radical (unpaired) electrons. The maximum Gasteiger partial charge on any atom is 0.234 e. The summed E-state index contributed by atoms with van der Waals surface area (Å²) in [5, 5.41) is 3.00. The van der Waals surface area contributed by atoms with Crippen molar-refractivity contribution in [2.75, 3.05) is 48.6 Å². The van der Waals surface area contributed by atoms with Gasteiger partial charge in [-0.2, -0.15) is 0 Å². The first-order chi connectivity index (χ1) is 15.5. The minimum atomic E-state index is -0.0544. The predicted octanol–water partition coefficient (Wildman–Crippen LogP) is 3.18. The smallest absolute Gasteiger partial charge is 0.234 e. The van der Waals surface area contributed by atoms with Crippen LogP contribution in [0.3, 0.4) is 0 Å². The Morgan fingerprint density at radius 1 is 0.906 bits per heavy atom. The fourth-order valence-corrected chi connectivity index (χ4v) is 4.13. The van der Waals surface area contributed by atoms with E-state index in [1.165, 1.54) is 0 Å². The number of carbonyl (C=O) groups is 1. The van der Waals surface area contributed by atoms with Crippen LogP contribution in [0.5, 0.6) is 28.7 Å². The first kappa shape index (κ1) is 23.5. The number of rotatable bonds is 10. The van der Waals surface area contributed by atoms with Crippen LogP contribution in [0.15, 0.2) is 30.3 Å². The lowest BCUT2D eigenvalue weighted by atomic mass is 10.0. The third-order valence-corrected chi connectivity index (χ3v) is 5.77. The lowest BCUT2D eigenvalue weighted by molar-refractivity contribution is -0.122. The Kier molecular flexibility index (Phi) is 8.05. The Labute approximate surface area is 189 Å². The van der Waals surface area contributed by atoms with E-state index in [9.17, 15) is 4.79 Å². The number of carbonyl (C=O) groups excluding carboxylic acids is 1. The minimum absolute atomic E-state index is 0.0544. The van der Waals surface area contributed by atoms with Gasteiger partial charge in [-0.25, -0.2) is 0 Å². The highest BCUT2D eigenvalue weighted by molar-refractivity contribution is 5.78. The highest BCUT2D eigenvalue weighted by atomic mass is 16.5. The fraction of sp³-hybridized carbons (Fsp3) is 0.458. The van der Waals surface area contributed by atoms with Gasteiger partial charge in [0, 0.05) is 35.8 Å². The van der Waals surface area contributed by atoms with E-state index in [1.54, 1.807) is 41.6 Å². The fourth-order valence-electron chi connectivity index (χ4n) is 4.13. The van der Waals surface area contributed by atoms with E-state index >= 15 is 0 Å². The number of likely N-dealkylation sites (tertiary alicyclic amines) is 1. The summed E-state index contributed by atoms with van der Waals surface area (Å²) in [7, 11) is 8.02. The molecule has 2 aromatic rings. The number of nitrogens with one attached hydrogen (secondary N) is 1. The first-order valence-electron chi connectivity index (χ1n) is 10.6. The quantitative estimate of drug-likeness (QED) is 0.603. The van der Waals surface area contributed by atoms with E-state index in [0.717, 1.165) is 42.0 Å². The molecule has 8 heteroatoms. The summed E-state index contributed by atoms with van der Waals surface area (Å²) in [5.74, 6) is 3.26. The monoisotopic (exact) mass is 444 g/mol. The van der Waals surface area contributed by atoms with Crippen molar-refractivity contribution in [1.29, 1.82) is 0 Å². The predicted molar refractivity (Wildman–Crippen MR) is 121 cm³/mol. The normalized spacial score (nSPS) is 15.8. The largest absolute Gasteiger partial charge is 0.497 e. The number of benzene rings is 2. The van der Waals surface area contributed by atoms with Crippen molar-refractivity contribution >= 4 is 5.91 Å². The van der Waals surface area contributed by atoms with Gasteiger partial charge in [-0.15, -0.1) is 0 Å². The van der Waals surface area contributed by atoms with Gasteiger partial charge < -0.3 is 29.0 Å². The van der Waals surface area contributed by atoms with E-state index < -0.39 is 0 Å². The SMILES string of the molecule is COc1ccc(C2CCCN2CC(=O)NCc2cc(OC)c(OC)cc2OC)c(OC)c1. The van der Waals surface area contributed by atoms with E-state index in [2.05, 4.69) is 10.2 Å². The molecular weight excluding hydrogens is 412 g/mol. The van der Waals surface area contributed by atoms with Crippen molar-refractivity contribution in [2.24, 2.45) is 0 Å². The van der Waals surface area contributed by atoms with Gasteiger partial charge in [0.15, 0.2) is 11.5 Å². The molecule has 0 spiro atoms. The minimum Gasteiger partial charge on any atom is -0.497 e. The third-order valence-electron chi connectivity index (χ3n) is 5.77. The lowest BCUT2D eigenvalue weighted by Crippen LogP contribution is -2.36. The Bertz CT molecular complexity index is 933. The molecule has 0 bridgehead atoms. The molecule has 1 atom stereocenters. The van der Waals surface area contributed by atoms with Gasteiger partial charge in [0.05, 0.1) is 42.1 Å². The molecule has 1 aliphatic rings. The van der Waals surface area contributed by atoms with Crippen molar-refractivity contribution in [3.63, 3.8) is 0 Å². The highest BCUT2D eigenvalue weighted by Crippen LogP contribution is 2.38. The first-order valence-corrected chi connectivity index (χ1v) is 10.6. The van der Waals surface area contributed by atoms with Crippen LogP contribution in [0, 0.1) is 0 Å². The van der Waals surface area contributed by atoms with Crippen molar-refractivity contribution in [3.05, 3.63) is 41.5 Å². The summed E-state index contributed by atoms with van der Waals surface area (Å²) in [6.07, 6.45) is 2.00. The van der Waals surface area contributed by atoms with Crippen LogP contribution in [-0.2, 0) is 11.3 Å². The zero-order valence-electron chi connectivity index (χ0n) is 19.4. The van der Waals surface area contributed by atoms with Gasteiger partial charge in [-0.3, -0.25) is 9.69 Å². The molecule has 2 aromatic carbocycles. The number of amides is 1. The van der Waals surface area contributed by atoms with E-state index in [-0.39, 0.29) is 11.9 Å². The molecule has 1 saturated heterocycles. The van der Waals surface area contributed by atoms with Crippen LogP contribution in [0.2, 0.25) is 0 Å². The lowest BCUT2D eigenvalue weighted by Gasteiger charge is -2.26. The molecule has 1 amide bonds. The summed E-state index contributed by atoms with van der Waals surface area (Å²) in [6, 6.07) is 9.53. The zero-order valence-corrected chi connectivity index (χ0v) is 19.4. The topological polar surface area (TPSA) is 78.5 Å². The van der Waals surface area contributed by atoms with Crippen LogP contribution >= 0.6 is 0 Å². The number of nitrogens with zero attached hydrogens (tertiary/aromatic N) is 1. The maximum atomic E-state index is 12.8. The Morgan fingerprint density at radius 2 is 1.59 bits per heavy atom. The van der Waals surface area contributed by atoms with E-state index in [4.69, 9.17) is 23.7 Å². The molecule has 32 heavy (non-hydrogen) atoms. The molecule has 1 fully saturated rings. The number of methoxy groups -OCH3 is 5. The molecule has 1 aliphatic heterocycles. The van der Waals surface area contributed by atoms with Crippen LogP contribution in [0.1, 0.15) is 30.0 Å². The molecule has 174 valence electrons. The van der Waals surface area contributed by atoms with Crippen molar-refractivity contribution in [3.8, 4) is 28.7 Å². The second-order valence-electron chi connectivity index (χ2n) is 7.53. The Balaban J connectivity index is 1.67. The van der Waals surface area contributed by atoms with Crippen LogP contribution in [-0.4, -0.2) is 59.4 Å². The zero-order chi connectivity index (χ0) is 23.1. The Morgan fingerprint density at radius 3 is 2.25 bits per heavy atom. The highest BCUT2D eigenvalue weighted by Gasteiger charge is 2.30. The molecule has 8 nitrogen and oxygen atoms in total. The molecule has 0 saturated carbocycles. The second-order valence-corrected chi connectivity index (χ2v) is 7.53. The molecule has 1 unspecified atom stereocenters. The van der Waals surface area contributed by atoms with Crippen molar-refractivity contribution in [1.82, 2.24) is 10.2 Å². The molecule has 1 N–H and O–H groups in total. The van der Waals surface area contributed by atoms with Crippen LogP contribution in [0.4, 0.5) is 0 Å². The summed E-state index contributed by atoms with van der Waals surface area (Å²) in [6.45, 7) is 1.48. The average molecular weight is 445 g/mol. The van der Waals surface area contributed by atoms with E-state index in [1.807, 2.05) is 24.3 Å². The summed E-state index contributed by atoms with van der Waals surface area (Å²) < 4.78 is 27.0. The summed E-state index contributed by atoms with van der Waals surface area (Å²) >= 11 is 0. The van der Waals surface area contributed by atoms with Crippen molar-refractivity contribution in [2.45, 2.75) is 25.4 Å². The van der Waals surface area contributed by atoms with Gasteiger partial charge in [0.1, 0.15) is 17.2 Å². The van der Waals surface area contributed by atoms with Gasteiger partial charge in [-0.05, 0) is 31.5 Å². The van der Waals surface area contributed by atoms with E-state index in [0.29, 0.717) is 30.3 Å².